The second kappa shape index (κ2) is 6.24. The van der Waals surface area contributed by atoms with Crippen LogP contribution in [0, 0.1) is 5.92 Å². The summed E-state index contributed by atoms with van der Waals surface area (Å²) in [5.41, 5.74) is 0.828. The van der Waals surface area contributed by atoms with Crippen LogP contribution >= 0.6 is 0 Å². The smallest absolute Gasteiger partial charge is 0.342 e. The van der Waals surface area contributed by atoms with Crippen LogP contribution in [-0.2, 0) is 13.6 Å². The molecule has 102 valence electrons. The quantitative estimate of drug-likeness (QED) is 0.841. The Balaban J connectivity index is 1.95. The molecule has 1 N–H and O–H groups in total. The predicted octanol–water partition coefficient (Wildman–Crippen LogP) is 1.14. The minimum atomic E-state index is 0.268. The van der Waals surface area contributed by atoms with Crippen molar-refractivity contribution in [2.24, 2.45) is 13.0 Å². The summed E-state index contributed by atoms with van der Waals surface area (Å²) in [6, 6.07) is 0.268. The topological polar surface area (TPSA) is 77.8 Å². The zero-order valence-corrected chi connectivity index (χ0v) is 11.4. The van der Waals surface area contributed by atoms with Crippen molar-refractivity contribution in [1.29, 1.82) is 0 Å². The molecule has 7 nitrogen and oxygen atoms in total. The number of rotatable bonds is 6. The highest BCUT2D eigenvalue weighted by Crippen LogP contribution is 2.13. The van der Waals surface area contributed by atoms with E-state index < -0.39 is 0 Å². The molecular weight excluding hydrogens is 244 g/mol. The molecule has 2 aromatic rings. The summed E-state index contributed by atoms with van der Waals surface area (Å²) in [7, 11) is 1.78. The summed E-state index contributed by atoms with van der Waals surface area (Å²) >= 11 is 0. The van der Waals surface area contributed by atoms with E-state index in [4.69, 9.17) is 4.74 Å². The third kappa shape index (κ3) is 4.29. The van der Waals surface area contributed by atoms with E-state index in [1.54, 1.807) is 30.5 Å². The molecule has 0 saturated carbocycles. The van der Waals surface area contributed by atoms with Gasteiger partial charge in [-0.25, -0.2) is 4.98 Å². The van der Waals surface area contributed by atoms with E-state index in [-0.39, 0.29) is 6.01 Å². The minimum absolute atomic E-state index is 0.268. The Morgan fingerprint density at radius 3 is 2.89 bits per heavy atom. The van der Waals surface area contributed by atoms with E-state index in [0.717, 1.165) is 12.2 Å². The van der Waals surface area contributed by atoms with Crippen molar-refractivity contribution >= 4 is 0 Å². The zero-order valence-electron chi connectivity index (χ0n) is 11.4. The average Bonchev–Trinajstić information content (AvgIpc) is 2.75. The van der Waals surface area contributed by atoms with Crippen molar-refractivity contribution in [2.75, 3.05) is 6.54 Å². The van der Waals surface area contributed by atoms with Crippen LogP contribution in [0.4, 0.5) is 0 Å². The number of ether oxygens (including phenoxy) is 1. The second-order valence-corrected chi connectivity index (χ2v) is 4.68. The monoisotopic (exact) mass is 262 g/mol. The van der Waals surface area contributed by atoms with Gasteiger partial charge in [-0.3, -0.25) is 9.67 Å². The van der Waals surface area contributed by atoms with Crippen molar-refractivity contribution < 1.29 is 4.74 Å². The summed E-state index contributed by atoms with van der Waals surface area (Å²) in [6.07, 6.45) is 4.82. The van der Waals surface area contributed by atoms with Gasteiger partial charge in [0.1, 0.15) is 6.33 Å². The lowest BCUT2D eigenvalue weighted by Gasteiger charge is -2.07. The summed E-state index contributed by atoms with van der Waals surface area (Å²) in [5.74, 6) is 1.00. The number of aryl methyl sites for hydroxylation is 1. The molecular formula is C12H18N6O. The summed E-state index contributed by atoms with van der Waals surface area (Å²) < 4.78 is 6.99. The van der Waals surface area contributed by atoms with Gasteiger partial charge in [-0.2, -0.15) is 4.98 Å². The van der Waals surface area contributed by atoms with E-state index in [9.17, 15) is 0 Å². The average molecular weight is 262 g/mol. The Morgan fingerprint density at radius 2 is 2.21 bits per heavy atom. The van der Waals surface area contributed by atoms with Crippen LogP contribution in [0.25, 0.3) is 0 Å². The predicted molar refractivity (Wildman–Crippen MR) is 69.7 cm³/mol. The first-order valence-electron chi connectivity index (χ1n) is 6.18. The van der Waals surface area contributed by atoms with Gasteiger partial charge >= 0.3 is 6.01 Å². The fourth-order valence-electron chi connectivity index (χ4n) is 1.47. The highest BCUT2D eigenvalue weighted by Gasteiger charge is 2.05. The van der Waals surface area contributed by atoms with Crippen LogP contribution in [-0.4, -0.2) is 31.3 Å². The first-order chi connectivity index (χ1) is 9.13. The summed E-state index contributed by atoms with van der Waals surface area (Å²) in [6.45, 7) is 5.92. The second-order valence-electron chi connectivity index (χ2n) is 4.68. The van der Waals surface area contributed by atoms with E-state index in [2.05, 4.69) is 39.2 Å². The molecule has 0 spiro atoms. The Bertz CT molecular complexity index is 524. The normalized spacial score (nSPS) is 10.9. The molecule has 0 aliphatic heterocycles. The highest BCUT2D eigenvalue weighted by molar-refractivity contribution is 5.12. The Morgan fingerprint density at radius 1 is 1.37 bits per heavy atom. The van der Waals surface area contributed by atoms with Crippen molar-refractivity contribution in [3.05, 3.63) is 24.4 Å². The lowest BCUT2D eigenvalue weighted by molar-refractivity contribution is 0.417. The molecule has 0 atom stereocenters. The summed E-state index contributed by atoms with van der Waals surface area (Å²) in [4.78, 5) is 12.4. The van der Waals surface area contributed by atoms with Gasteiger partial charge in [0.25, 0.3) is 0 Å². The lowest BCUT2D eigenvalue weighted by Crippen LogP contribution is -2.19. The van der Waals surface area contributed by atoms with Crippen molar-refractivity contribution in [3.8, 4) is 11.9 Å². The zero-order chi connectivity index (χ0) is 13.7. The molecule has 0 unspecified atom stereocenters. The molecule has 0 fully saturated rings. The molecule has 0 aliphatic carbocycles. The Kier molecular flexibility index (Phi) is 4.40. The number of hydrogen-bond acceptors (Lipinski definition) is 6. The van der Waals surface area contributed by atoms with Gasteiger partial charge < -0.3 is 10.1 Å². The van der Waals surface area contributed by atoms with Crippen LogP contribution in [0.1, 0.15) is 19.5 Å². The number of hydrogen-bond donors (Lipinski definition) is 1. The van der Waals surface area contributed by atoms with E-state index in [1.165, 1.54) is 0 Å². The molecule has 2 rings (SSSR count). The molecule has 0 aliphatic rings. The van der Waals surface area contributed by atoms with Crippen LogP contribution in [0.2, 0.25) is 0 Å². The van der Waals surface area contributed by atoms with Gasteiger partial charge in [0.15, 0.2) is 0 Å². The number of aromatic nitrogens is 5. The molecule has 0 bridgehead atoms. The standard InChI is InChI=1S/C12H18N6O/c1-9(2)4-13-5-10-6-14-7-11(16-10)19-12-15-8-18(3)17-12/h6-9,13H,4-5H2,1-3H3. The first-order valence-corrected chi connectivity index (χ1v) is 6.18. The molecule has 0 amide bonds. The SMILES string of the molecule is CC(C)CNCc1cncc(Oc2ncn(C)n2)n1. The molecule has 19 heavy (non-hydrogen) atoms. The van der Waals surface area contributed by atoms with Crippen molar-refractivity contribution in [3.63, 3.8) is 0 Å². The van der Waals surface area contributed by atoms with Crippen LogP contribution in [0.3, 0.4) is 0 Å². The van der Waals surface area contributed by atoms with Crippen LogP contribution in [0.15, 0.2) is 18.7 Å². The van der Waals surface area contributed by atoms with E-state index in [1.807, 2.05) is 0 Å². The van der Waals surface area contributed by atoms with Gasteiger partial charge in [-0.1, -0.05) is 13.8 Å². The molecule has 2 heterocycles. The fraction of sp³-hybridized carbons (Fsp3) is 0.500. The van der Waals surface area contributed by atoms with E-state index in [0.29, 0.717) is 18.3 Å². The fourth-order valence-corrected chi connectivity index (χ4v) is 1.47. The van der Waals surface area contributed by atoms with Gasteiger partial charge in [-0.15, -0.1) is 5.10 Å². The van der Waals surface area contributed by atoms with Gasteiger partial charge in [0.05, 0.1) is 11.9 Å². The van der Waals surface area contributed by atoms with E-state index >= 15 is 0 Å². The third-order valence-corrected chi connectivity index (χ3v) is 2.30. The molecule has 0 radical (unpaired) electrons. The number of nitrogens with one attached hydrogen (secondary N) is 1. The van der Waals surface area contributed by atoms with Gasteiger partial charge in [0.2, 0.25) is 5.88 Å². The maximum absolute atomic E-state index is 5.42. The Hall–Kier alpha value is -2.02. The first kappa shape index (κ1) is 13.4. The Labute approximate surface area is 112 Å². The van der Waals surface area contributed by atoms with Gasteiger partial charge in [-0.05, 0) is 12.5 Å². The molecule has 0 saturated heterocycles. The maximum atomic E-state index is 5.42. The van der Waals surface area contributed by atoms with Crippen molar-refractivity contribution in [1.82, 2.24) is 30.0 Å². The minimum Gasteiger partial charge on any atom is -0.402 e. The third-order valence-electron chi connectivity index (χ3n) is 2.30. The van der Waals surface area contributed by atoms with Gasteiger partial charge in [0, 0.05) is 19.8 Å². The van der Waals surface area contributed by atoms with Crippen LogP contribution in [0.5, 0.6) is 11.9 Å². The van der Waals surface area contributed by atoms with Crippen LogP contribution < -0.4 is 10.1 Å². The molecule has 0 aromatic carbocycles. The highest BCUT2D eigenvalue weighted by atomic mass is 16.5. The number of nitrogens with zero attached hydrogens (tertiary/aromatic N) is 5. The van der Waals surface area contributed by atoms with Crippen molar-refractivity contribution in [2.45, 2.75) is 20.4 Å². The molecule has 7 heteroatoms. The maximum Gasteiger partial charge on any atom is 0.342 e. The largest absolute Gasteiger partial charge is 0.402 e. The lowest BCUT2D eigenvalue weighted by atomic mass is 10.2. The summed E-state index contributed by atoms with van der Waals surface area (Å²) in [5, 5.41) is 7.32. The molecule has 2 aromatic heterocycles.